The summed E-state index contributed by atoms with van der Waals surface area (Å²) in [5.74, 6) is 3.33. The van der Waals surface area contributed by atoms with Crippen molar-refractivity contribution in [3.63, 3.8) is 0 Å². The third-order valence-electron chi connectivity index (χ3n) is 17.1. The smallest absolute Gasteiger partial charge is 0.00204 e. The molecule has 0 saturated carbocycles. The van der Waals surface area contributed by atoms with Crippen LogP contribution < -0.4 is 0 Å². The van der Waals surface area contributed by atoms with Gasteiger partial charge in [0.1, 0.15) is 0 Å². The lowest BCUT2D eigenvalue weighted by molar-refractivity contribution is 0.736. The Balaban J connectivity index is 0.000000159. The summed E-state index contributed by atoms with van der Waals surface area (Å²) in [6.07, 6.45) is 0. The van der Waals surface area contributed by atoms with E-state index in [0.29, 0.717) is 0 Å². The van der Waals surface area contributed by atoms with Gasteiger partial charge in [-0.05, 0) is 181 Å². The van der Waals surface area contributed by atoms with Crippen LogP contribution in [0.25, 0.3) is 151 Å². The van der Waals surface area contributed by atoms with Crippen LogP contribution in [0.15, 0.2) is 352 Å². The van der Waals surface area contributed by atoms with Gasteiger partial charge in [0, 0.05) is 0 Å². The molecule has 0 nitrogen and oxygen atoms in total. The molecule has 0 aliphatic heterocycles. The number of hydrogen-bond acceptors (Lipinski definition) is 0. The Kier molecular flexibility index (Phi) is 32.3. The van der Waals surface area contributed by atoms with Crippen molar-refractivity contribution >= 4 is 151 Å². The zero-order valence-electron chi connectivity index (χ0n) is 67.8. The molecule has 0 aliphatic rings. The highest BCUT2D eigenvalue weighted by Gasteiger charge is 2.14. The highest BCUT2D eigenvalue weighted by atomic mass is 14.2. The van der Waals surface area contributed by atoms with Crippen molar-refractivity contribution < 1.29 is 0 Å². The van der Waals surface area contributed by atoms with Gasteiger partial charge in [0.05, 0.1) is 0 Å². The zero-order valence-corrected chi connectivity index (χ0v) is 67.8. The Morgan fingerprint density at radius 1 is 0.120 bits per heavy atom. The van der Waals surface area contributed by atoms with Gasteiger partial charge in [-0.3, -0.25) is 0 Å². The number of rotatable bonds is 0. The maximum atomic E-state index is 2.31. The van der Waals surface area contributed by atoms with Crippen LogP contribution in [0, 0.1) is 23.7 Å². The first-order chi connectivity index (χ1) is 52.6. The molecule has 548 valence electrons. The Bertz CT molecular complexity index is 5150. The largest absolute Gasteiger partial charge is 0.0683 e. The fraction of sp³-hybridized carbons (Fsp3) is 0.204. The first-order valence-corrected chi connectivity index (χ1v) is 39.7. The van der Waals surface area contributed by atoms with Crippen LogP contribution in [0.1, 0.15) is 125 Å². The fourth-order valence-electron chi connectivity index (χ4n) is 13.3. The molecule has 0 unspecified atom stereocenters. The molecule has 0 heteroatoms. The van der Waals surface area contributed by atoms with Crippen molar-refractivity contribution in [2.75, 3.05) is 0 Å². The van der Waals surface area contributed by atoms with Gasteiger partial charge in [-0.15, -0.1) is 0 Å². The van der Waals surface area contributed by atoms with E-state index in [1.54, 1.807) is 0 Å². The Morgan fingerprint density at radius 3 is 0.519 bits per heavy atom. The Morgan fingerprint density at radius 2 is 0.278 bits per heavy atom. The number of benzene rings is 20. The topological polar surface area (TPSA) is 0 Å². The SMILES string of the molecule is CC.CC.CC.CC(C)C.CC(C)C.CC(C)C.CC(C)C.c1cc2cccc3c4cccc5cccc(c(c1)c23)c54.c1cc2cccc3c4cccc5cccc(c(c1)c23)c54.c1ccc2c(c1)cc1ccc3cccc4ccc2c1c34.c1ccc2ccccc2c1.c1ccc2ccccc2c1.c1ccccc1. The molecule has 0 N–H and O–H groups in total. The maximum Gasteiger partial charge on any atom is -0.00204 e. The lowest BCUT2D eigenvalue weighted by Crippen LogP contribution is -1.85. The van der Waals surface area contributed by atoms with Gasteiger partial charge in [0.25, 0.3) is 0 Å². The minimum Gasteiger partial charge on any atom is -0.0683 e. The second-order valence-electron chi connectivity index (χ2n) is 29.1. The van der Waals surface area contributed by atoms with Crippen LogP contribution in [0.2, 0.25) is 0 Å². The minimum absolute atomic E-state index is 0.833. The molecule has 0 fully saturated rings. The second-order valence-corrected chi connectivity index (χ2v) is 29.1. The van der Waals surface area contributed by atoms with Crippen molar-refractivity contribution in [1.29, 1.82) is 0 Å². The molecule has 0 aliphatic carbocycles. The van der Waals surface area contributed by atoms with Gasteiger partial charge >= 0.3 is 0 Å². The van der Waals surface area contributed by atoms with Gasteiger partial charge in [0.15, 0.2) is 0 Å². The molecule has 108 heavy (non-hydrogen) atoms. The summed E-state index contributed by atoms with van der Waals surface area (Å²) in [7, 11) is 0. The van der Waals surface area contributed by atoms with Crippen LogP contribution in [-0.2, 0) is 0 Å². The third kappa shape index (κ3) is 21.3. The summed E-state index contributed by atoms with van der Waals surface area (Å²) < 4.78 is 0. The predicted octanol–water partition coefficient (Wildman–Crippen LogP) is 34.3. The molecule has 0 atom stereocenters. The van der Waals surface area contributed by atoms with Crippen LogP contribution in [0.3, 0.4) is 0 Å². The standard InChI is InChI=1S/3C20H12.2C10H8.C6H6.4C4H10.3C2H6/c2*1-5-13-6-2-11-17-18-12-4-8-14-7-3-10-16(20(14)18)15(9-1)19(13)17;1-2-7-17-15(4-1)12-16-9-8-13-5-3-6-14-10-11-18(17)20(16)19(13)14;2*1-2-6-10-8-4-3-7-9(10)5-1;1-2-4-6-5-3-1;4*1-4(2)3;3*1-2/h3*1-12H;2*1-8H;1-6H;4*4H,1-3H3;3*1-2H3. The summed E-state index contributed by atoms with van der Waals surface area (Å²) in [6, 6.07) is 125. The molecule has 0 spiro atoms. The van der Waals surface area contributed by atoms with Crippen molar-refractivity contribution in [2.45, 2.75) is 125 Å². The number of hydrogen-bond donors (Lipinski definition) is 0. The minimum atomic E-state index is 0.833. The Hall–Kier alpha value is -11.2. The lowest BCUT2D eigenvalue weighted by atomic mass is 9.90. The average molecular weight is 1410 g/mol. The first kappa shape index (κ1) is 82.5. The normalized spacial score (nSPS) is 10.5. The molecule has 0 aromatic heterocycles. The number of fused-ring (bicyclic) bond motifs is 8. The van der Waals surface area contributed by atoms with E-state index in [1.165, 1.54) is 151 Å². The van der Waals surface area contributed by atoms with E-state index in [4.69, 9.17) is 0 Å². The molecule has 0 saturated heterocycles. The zero-order chi connectivity index (χ0) is 77.5. The molecule has 20 aromatic rings. The Labute approximate surface area is 646 Å². The highest BCUT2D eigenvalue weighted by molar-refractivity contribution is 6.34. The summed E-state index contributed by atoms with van der Waals surface area (Å²) >= 11 is 0. The summed E-state index contributed by atoms with van der Waals surface area (Å²) in [5, 5.41) is 37.8. The van der Waals surface area contributed by atoms with E-state index >= 15 is 0 Å². The van der Waals surface area contributed by atoms with Crippen molar-refractivity contribution in [1.82, 2.24) is 0 Å². The van der Waals surface area contributed by atoms with E-state index in [1.807, 2.05) is 77.9 Å². The van der Waals surface area contributed by atoms with E-state index in [9.17, 15) is 0 Å². The van der Waals surface area contributed by atoms with Crippen LogP contribution >= 0.6 is 0 Å². The van der Waals surface area contributed by atoms with Crippen LogP contribution in [0.5, 0.6) is 0 Å². The van der Waals surface area contributed by atoms with E-state index in [0.717, 1.165) is 23.7 Å². The van der Waals surface area contributed by atoms with E-state index in [-0.39, 0.29) is 0 Å². The fourth-order valence-corrected chi connectivity index (χ4v) is 13.3. The molecular weight excluding hydrogens is 1300 g/mol. The van der Waals surface area contributed by atoms with Crippen molar-refractivity contribution in [3.8, 4) is 0 Å². The quantitative estimate of drug-likeness (QED) is 0.105. The summed E-state index contributed by atoms with van der Waals surface area (Å²) in [6.45, 7) is 38.0. The van der Waals surface area contributed by atoms with Crippen molar-refractivity contribution in [2.24, 2.45) is 23.7 Å². The monoisotopic (exact) mass is 1410 g/mol. The molecule has 0 heterocycles. The average Bonchev–Trinajstić information content (AvgIpc) is 0.740. The third-order valence-corrected chi connectivity index (χ3v) is 17.1. The molecular formula is C108H116. The lowest BCUT2D eigenvalue weighted by Gasteiger charge is -2.13. The first-order valence-electron chi connectivity index (χ1n) is 39.7. The highest BCUT2D eigenvalue weighted by Crippen LogP contribution is 2.42. The van der Waals surface area contributed by atoms with E-state index in [2.05, 4.69) is 399 Å². The van der Waals surface area contributed by atoms with Gasteiger partial charge < -0.3 is 0 Å². The van der Waals surface area contributed by atoms with Gasteiger partial charge in [-0.25, -0.2) is 0 Å². The molecule has 20 rings (SSSR count). The molecule has 20 aromatic carbocycles. The molecule has 0 amide bonds. The molecule has 0 radical (unpaired) electrons. The van der Waals surface area contributed by atoms with Crippen LogP contribution in [0.4, 0.5) is 0 Å². The van der Waals surface area contributed by atoms with Gasteiger partial charge in [-0.1, -0.05) is 470 Å². The van der Waals surface area contributed by atoms with E-state index < -0.39 is 0 Å². The second kappa shape index (κ2) is 42.2. The predicted molar refractivity (Wildman–Crippen MR) is 493 cm³/mol. The molecule has 0 bridgehead atoms. The van der Waals surface area contributed by atoms with Crippen LogP contribution in [-0.4, -0.2) is 0 Å². The summed E-state index contributed by atoms with van der Waals surface area (Å²) in [5.41, 5.74) is 0. The van der Waals surface area contributed by atoms with Gasteiger partial charge in [0.2, 0.25) is 0 Å². The van der Waals surface area contributed by atoms with Gasteiger partial charge in [-0.2, -0.15) is 0 Å². The van der Waals surface area contributed by atoms with Crippen molar-refractivity contribution in [3.05, 3.63) is 352 Å². The maximum absolute atomic E-state index is 2.31. The summed E-state index contributed by atoms with van der Waals surface area (Å²) in [4.78, 5) is 0.